The van der Waals surface area contributed by atoms with E-state index in [-0.39, 0.29) is 31.3 Å². The maximum Gasteiger partial charge on any atom is 0.310 e. The van der Waals surface area contributed by atoms with Gasteiger partial charge in [0.15, 0.2) is 0 Å². The van der Waals surface area contributed by atoms with Gasteiger partial charge in [0.2, 0.25) is 18.1 Å². The molecule has 2 unspecified atom stereocenters. The van der Waals surface area contributed by atoms with Crippen LogP contribution in [-0.2, 0) is 28.7 Å². The number of esters is 1. The first kappa shape index (κ1) is 25.2. The fourth-order valence-corrected chi connectivity index (χ4v) is 5.51. The minimum atomic E-state index is -0.956. The van der Waals surface area contributed by atoms with Crippen LogP contribution in [-0.4, -0.2) is 76.7 Å². The largest absolute Gasteiger partial charge is 0.433 e. The maximum atomic E-state index is 13.6. The maximum absolute atomic E-state index is 13.6. The zero-order valence-corrected chi connectivity index (χ0v) is 20.6. The summed E-state index contributed by atoms with van der Waals surface area (Å²) < 4.78 is 11.3. The molecule has 198 valence electrons. The molecule has 1 aromatic carbocycles. The molecule has 0 aromatic heterocycles. The van der Waals surface area contributed by atoms with Crippen molar-refractivity contribution in [3.8, 4) is 0 Å². The molecule has 4 aliphatic rings. The summed E-state index contributed by atoms with van der Waals surface area (Å²) in [5.41, 5.74) is 0.398. The highest BCUT2D eigenvalue weighted by molar-refractivity contribution is 5.99. The van der Waals surface area contributed by atoms with Gasteiger partial charge in [-0.25, -0.2) is 5.01 Å². The van der Waals surface area contributed by atoms with Gasteiger partial charge in [-0.3, -0.25) is 29.0 Å². The molecule has 2 N–H and O–H groups in total. The molecule has 0 spiro atoms. The molecule has 4 atom stereocenters. The van der Waals surface area contributed by atoms with Crippen LogP contribution in [0, 0.1) is 0 Å². The highest BCUT2D eigenvalue weighted by Gasteiger charge is 2.46. The first-order valence-electron chi connectivity index (χ1n) is 13.1. The molecule has 37 heavy (non-hydrogen) atoms. The lowest BCUT2D eigenvalue weighted by Gasteiger charge is -2.43. The van der Waals surface area contributed by atoms with E-state index in [2.05, 4.69) is 10.6 Å². The number of hydrazine groups is 1. The van der Waals surface area contributed by atoms with Gasteiger partial charge in [-0.05, 0) is 44.2 Å². The summed E-state index contributed by atoms with van der Waals surface area (Å²) in [5.74, 6) is -2.14. The Bertz CT molecular complexity index is 1060. The first-order valence-corrected chi connectivity index (χ1v) is 13.1. The second kappa shape index (κ2) is 10.9. The molecule has 1 saturated carbocycles. The summed E-state index contributed by atoms with van der Waals surface area (Å²) in [6, 6.07) is 5.92. The van der Waals surface area contributed by atoms with Crippen LogP contribution in [0.4, 0.5) is 0 Å². The summed E-state index contributed by atoms with van der Waals surface area (Å²) in [6.45, 7) is 0.312. The third-order valence-corrected chi connectivity index (χ3v) is 7.42. The normalized spacial score (nSPS) is 28.5. The molecule has 1 aliphatic carbocycles. The quantitative estimate of drug-likeness (QED) is 0.544. The van der Waals surface area contributed by atoms with Crippen molar-refractivity contribution in [1.82, 2.24) is 20.7 Å². The highest BCUT2D eigenvalue weighted by Crippen LogP contribution is 2.28. The van der Waals surface area contributed by atoms with Crippen LogP contribution in [0.15, 0.2) is 30.3 Å². The second-order valence-corrected chi connectivity index (χ2v) is 10.0. The second-order valence-electron chi connectivity index (χ2n) is 10.0. The van der Waals surface area contributed by atoms with Crippen LogP contribution in [0.3, 0.4) is 0 Å². The number of benzene rings is 1. The van der Waals surface area contributed by atoms with E-state index in [1.165, 1.54) is 10.0 Å². The Hall–Kier alpha value is -3.47. The number of carbonyl (C=O) groups is 5. The van der Waals surface area contributed by atoms with Crippen LogP contribution < -0.4 is 10.6 Å². The van der Waals surface area contributed by atoms with Gasteiger partial charge in [0.1, 0.15) is 18.1 Å². The Kier molecular flexibility index (Phi) is 7.40. The standard InChI is InChI=1S/C26H32N4O7/c31-21-13-12-18(27-23(33)16-7-2-1-3-8-16)25(35)30-20(11-6-14-29(21)30)24(34)28-19-15-22(32)37-26(19)36-17-9-4-5-10-17/h1-3,7-8,17-20,26H,4-6,9-15H2,(H,27,33)(H,28,34)/t18-,19-,20?,26?/m0/s1. The molecule has 5 rings (SSSR count). The molecule has 3 heterocycles. The Morgan fingerprint density at radius 2 is 1.70 bits per heavy atom. The summed E-state index contributed by atoms with van der Waals surface area (Å²) in [5, 5.41) is 8.11. The zero-order valence-electron chi connectivity index (χ0n) is 20.6. The Labute approximate surface area is 214 Å². The molecule has 4 amide bonds. The summed E-state index contributed by atoms with van der Waals surface area (Å²) in [6.07, 6.45) is 4.03. The fourth-order valence-electron chi connectivity index (χ4n) is 5.51. The van der Waals surface area contributed by atoms with Crippen molar-refractivity contribution in [3.63, 3.8) is 0 Å². The van der Waals surface area contributed by atoms with E-state index in [0.717, 1.165) is 25.7 Å². The zero-order chi connectivity index (χ0) is 25.9. The highest BCUT2D eigenvalue weighted by atomic mass is 16.7. The van der Waals surface area contributed by atoms with Gasteiger partial charge in [-0.2, -0.15) is 0 Å². The van der Waals surface area contributed by atoms with E-state index in [1.54, 1.807) is 30.3 Å². The molecule has 0 bridgehead atoms. The molecular weight excluding hydrogens is 480 g/mol. The number of nitrogens with one attached hydrogen (secondary N) is 2. The smallest absolute Gasteiger partial charge is 0.310 e. The SMILES string of the molecule is O=C1C[C@H](NC(=O)C2CCCN3C(=O)CC[C@H](NC(=O)c4ccccc4)C(=O)N23)C(OC2CCCC2)O1. The lowest BCUT2D eigenvalue weighted by atomic mass is 10.0. The number of fused-ring (bicyclic) bond motifs is 1. The lowest BCUT2D eigenvalue weighted by Crippen LogP contribution is -2.64. The van der Waals surface area contributed by atoms with E-state index < -0.39 is 48.1 Å². The number of hydrogen-bond donors (Lipinski definition) is 2. The molecule has 0 radical (unpaired) electrons. The van der Waals surface area contributed by atoms with E-state index in [9.17, 15) is 24.0 Å². The Morgan fingerprint density at radius 1 is 0.946 bits per heavy atom. The number of ether oxygens (including phenoxy) is 2. The van der Waals surface area contributed by atoms with Crippen LogP contribution in [0.1, 0.15) is 68.1 Å². The van der Waals surface area contributed by atoms with Gasteiger partial charge in [0.25, 0.3) is 11.8 Å². The number of hydrogen-bond acceptors (Lipinski definition) is 7. The third kappa shape index (κ3) is 5.46. The van der Waals surface area contributed by atoms with E-state index >= 15 is 0 Å². The number of rotatable bonds is 6. The van der Waals surface area contributed by atoms with Crippen molar-refractivity contribution in [1.29, 1.82) is 0 Å². The van der Waals surface area contributed by atoms with Crippen LogP contribution in [0.25, 0.3) is 0 Å². The fraction of sp³-hybridized carbons (Fsp3) is 0.577. The predicted octanol–water partition coefficient (Wildman–Crippen LogP) is 1.03. The number of carbonyl (C=O) groups excluding carboxylic acids is 5. The van der Waals surface area contributed by atoms with Crippen LogP contribution in [0.5, 0.6) is 0 Å². The number of nitrogens with zero attached hydrogens (tertiary/aromatic N) is 2. The Balaban J connectivity index is 1.30. The van der Waals surface area contributed by atoms with E-state index in [4.69, 9.17) is 9.47 Å². The molecule has 1 aromatic rings. The molecule has 11 heteroatoms. The average molecular weight is 513 g/mol. The van der Waals surface area contributed by atoms with Crippen molar-refractivity contribution >= 4 is 29.6 Å². The number of amides is 4. The van der Waals surface area contributed by atoms with Gasteiger partial charge in [0, 0.05) is 18.5 Å². The van der Waals surface area contributed by atoms with Crippen molar-refractivity contribution in [2.24, 2.45) is 0 Å². The van der Waals surface area contributed by atoms with Crippen molar-refractivity contribution in [3.05, 3.63) is 35.9 Å². The van der Waals surface area contributed by atoms with Gasteiger partial charge in [-0.1, -0.05) is 31.0 Å². The topological polar surface area (TPSA) is 134 Å². The summed E-state index contributed by atoms with van der Waals surface area (Å²) in [4.78, 5) is 64.7. The third-order valence-electron chi connectivity index (χ3n) is 7.42. The molecule has 4 fully saturated rings. The minimum absolute atomic E-state index is 0.0146. The molecule has 11 nitrogen and oxygen atoms in total. The van der Waals surface area contributed by atoms with Gasteiger partial charge in [-0.15, -0.1) is 0 Å². The molecular formula is C26H32N4O7. The van der Waals surface area contributed by atoms with Crippen LogP contribution >= 0.6 is 0 Å². The molecule has 3 saturated heterocycles. The predicted molar refractivity (Wildman–Crippen MR) is 128 cm³/mol. The molecule has 3 aliphatic heterocycles. The van der Waals surface area contributed by atoms with Gasteiger partial charge >= 0.3 is 5.97 Å². The first-order chi connectivity index (χ1) is 17.9. The lowest BCUT2D eigenvalue weighted by molar-refractivity contribution is -0.180. The Morgan fingerprint density at radius 3 is 2.46 bits per heavy atom. The number of cyclic esters (lactones) is 1. The van der Waals surface area contributed by atoms with Gasteiger partial charge < -0.3 is 20.1 Å². The summed E-state index contributed by atoms with van der Waals surface area (Å²) >= 11 is 0. The van der Waals surface area contributed by atoms with Crippen molar-refractivity contribution < 1.29 is 33.4 Å². The minimum Gasteiger partial charge on any atom is -0.433 e. The van der Waals surface area contributed by atoms with Gasteiger partial charge in [0.05, 0.1) is 12.5 Å². The van der Waals surface area contributed by atoms with Crippen LogP contribution in [0.2, 0.25) is 0 Å². The summed E-state index contributed by atoms with van der Waals surface area (Å²) in [7, 11) is 0. The average Bonchev–Trinajstić information content (AvgIpc) is 3.52. The monoisotopic (exact) mass is 512 g/mol. The van der Waals surface area contributed by atoms with E-state index in [1.807, 2.05) is 0 Å². The van der Waals surface area contributed by atoms with E-state index in [0.29, 0.717) is 24.9 Å². The van der Waals surface area contributed by atoms with Crippen molar-refractivity contribution in [2.45, 2.75) is 88.3 Å². The van der Waals surface area contributed by atoms with Crippen molar-refractivity contribution in [2.75, 3.05) is 6.54 Å².